The number of carboxylic acid groups (broad SMARTS) is 1. The van der Waals surface area contributed by atoms with Crippen LogP contribution in [0.5, 0.6) is 11.5 Å². The first-order chi connectivity index (χ1) is 11.6. The minimum Gasteiger partial charge on any atom is -0.492 e. The van der Waals surface area contributed by atoms with Gasteiger partial charge in [0.25, 0.3) is 0 Å². The van der Waals surface area contributed by atoms with Gasteiger partial charge in [0.1, 0.15) is 11.8 Å². The maximum Gasteiger partial charge on any atom is 0.353 e. The fraction of sp³-hybridized carbons (Fsp3) is 0.412. The molecule has 2 heterocycles. The van der Waals surface area contributed by atoms with Gasteiger partial charge in [0.15, 0.2) is 11.5 Å². The lowest BCUT2D eigenvalue weighted by Gasteiger charge is -2.30. The first kappa shape index (κ1) is 16.3. The van der Waals surface area contributed by atoms with E-state index in [1.165, 1.54) is 6.07 Å². The first-order valence-corrected chi connectivity index (χ1v) is 7.89. The van der Waals surface area contributed by atoms with E-state index in [0.717, 1.165) is 25.9 Å². The lowest BCUT2D eigenvalue weighted by atomic mass is 10.1. The van der Waals surface area contributed by atoms with Crippen LogP contribution in [0.25, 0.3) is 11.3 Å². The van der Waals surface area contributed by atoms with Crippen molar-refractivity contribution in [3.8, 4) is 22.8 Å². The molecule has 1 aliphatic heterocycles. The Bertz CT molecular complexity index is 728. The van der Waals surface area contributed by atoms with Crippen molar-refractivity contribution in [3.63, 3.8) is 0 Å². The van der Waals surface area contributed by atoms with Crippen LogP contribution in [0.1, 0.15) is 23.3 Å². The van der Waals surface area contributed by atoms with E-state index in [4.69, 9.17) is 14.6 Å². The number of carbonyl (C=O) groups is 1. The van der Waals surface area contributed by atoms with Crippen molar-refractivity contribution in [2.45, 2.75) is 18.9 Å². The average Bonchev–Trinajstić information content (AvgIpc) is 3.05. The number of likely N-dealkylation sites (tertiary alicyclic amines) is 1. The summed E-state index contributed by atoms with van der Waals surface area (Å²) in [5, 5.41) is 15.6. The van der Waals surface area contributed by atoms with Crippen LogP contribution in [0, 0.1) is 0 Å². The maximum atomic E-state index is 11.0. The standard InChI is InChI=1S/C17H21N3O4/c1-20-8-4-5-11(10-20)24-15-7-3-6-12(16(15)23-2)13-9-14(17(21)22)19-18-13/h3,6-7,9,11H,4-5,8,10H2,1-2H3,(H,18,19)(H,21,22). The van der Waals surface area contributed by atoms with Gasteiger partial charge in [-0.15, -0.1) is 0 Å². The van der Waals surface area contributed by atoms with Gasteiger partial charge in [0.05, 0.1) is 12.8 Å². The van der Waals surface area contributed by atoms with Gasteiger partial charge < -0.3 is 19.5 Å². The topological polar surface area (TPSA) is 87.7 Å². The van der Waals surface area contributed by atoms with Crippen LogP contribution in [0.4, 0.5) is 0 Å². The lowest BCUT2D eigenvalue weighted by molar-refractivity contribution is 0.0690. The molecule has 1 fully saturated rings. The molecule has 1 saturated heterocycles. The molecule has 2 N–H and O–H groups in total. The second-order valence-corrected chi connectivity index (χ2v) is 5.95. The molecule has 1 unspecified atom stereocenters. The molecular formula is C17H21N3O4. The van der Waals surface area contributed by atoms with Crippen LogP contribution in [0.15, 0.2) is 24.3 Å². The van der Waals surface area contributed by atoms with E-state index in [9.17, 15) is 4.79 Å². The van der Waals surface area contributed by atoms with Crippen LogP contribution < -0.4 is 9.47 Å². The van der Waals surface area contributed by atoms with Crippen molar-refractivity contribution in [2.75, 3.05) is 27.2 Å². The highest BCUT2D eigenvalue weighted by Gasteiger charge is 2.22. The van der Waals surface area contributed by atoms with Gasteiger partial charge in [-0.1, -0.05) is 6.07 Å². The average molecular weight is 331 g/mol. The predicted molar refractivity (Wildman–Crippen MR) is 88.7 cm³/mol. The molecular weight excluding hydrogens is 310 g/mol. The molecule has 128 valence electrons. The SMILES string of the molecule is COc1c(OC2CCCN(C)C2)cccc1-c1cc(C(=O)O)[nH]n1. The molecule has 1 aliphatic rings. The second-order valence-electron chi connectivity index (χ2n) is 5.95. The van der Waals surface area contributed by atoms with E-state index in [1.54, 1.807) is 7.11 Å². The summed E-state index contributed by atoms with van der Waals surface area (Å²) < 4.78 is 11.7. The van der Waals surface area contributed by atoms with Gasteiger partial charge in [0, 0.05) is 12.1 Å². The number of ether oxygens (including phenoxy) is 2. The quantitative estimate of drug-likeness (QED) is 0.874. The summed E-state index contributed by atoms with van der Waals surface area (Å²) >= 11 is 0. The number of hydrogen-bond donors (Lipinski definition) is 2. The third-order valence-electron chi connectivity index (χ3n) is 4.14. The van der Waals surface area contributed by atoms with Crippen molar-refractivity contribution in [1.29, 1.82) is 0 Å². The van der Waals surface area contributed by atoms with Crippen LogP contribution in [0.2, 0.25) is 0 Å². The van der Waals surface area contributed by atoms with Gasteiger partial charge in [-0.05, 0) is 44.6 Å². The van der Waals surface area contributed by atoms with Crippen LogP contribution in [-0.4, -0.2) is 59.5 Å². The highest BCUT2D eigenvalue weighted by Crippen LogP contribution is 2.38. The van der Waals surface area contributed by atoms with Gasteiger partial charge >= 0.3 is 5.97 Å². The number of rotatable bonds is 5. The molecule has 2 aromatic rings. The monoisotopic (exact) mass is 331 g/mol. The van der Waals surface area contributed by atoms with E-state index < -0.39 is 5.97 Å². The molecule has 7 nitrogen and oxygen atoms in total. The van der Waals surface area contributed by atoms with Crippen molar-refractivity contribution >= 4 is 5.97 Å². The summed E-state index contributed by atoms with van der Waals surface area (Å²) in [4.78, 5) is 13.3. The number of benzene rings is 1. The number of aromatic amines is 1. The first-order valence-electron chi connectivity index (χ1n) is 7.89. The molecule has 1 aromatic heterocycles. The normalized spacial score (nSPS) is 18.3. The zero-order valence-electron chi connectivity index (χ0n) is 13.8. The second kappa shape index (κ2) is 6.92. The minimum atomic E-state index is -1.05. The van der Waals surface area contributed by atoms with Gasteiger partial charge in [-0.25, -0.2) is 4.79 Å². The Morgan fingerprint density at radius 3 is 2.96 bits per heavy atom. The van der Waals surface area contributed by atoms with Crippen LogP contribution in [0.3, 0.4) is 0 Å². The van der Waals surface area contributed by atoms with Crippen molar-refractivity contribution < 1.29 is 19.4 Å². The number of carboxylic acids is 1. The molecule has 24 heavy (non-hydrogen) atoms. The number of H-pyrrole nitrogens is 1. The summed E-state index contributed by atoms with van der Waals surface area (Å²) in [6, 6.07) is 7.04. The third-order valence-corrected chi connectivity index (χ3v) is 4.14. The Morgan fingerprint density at radius 2 is 2.29 bits per heavy atom. The number of aromatic nitrogens is 2. The molecule has 0 aliphatic carbocycles. The Labute approximate surface area is 140 Å². The molecule has 0 bridgehead atoms. The molecule has 0 spiro atoms. The highest BCUT2D eigenvalue weighted by atomic mass is 16.5. The molecule has 1 atom stereocenters. The summed E-state index contributed by atoms with van der Waals surface area (Å²) in [5.74, 6) is 0.162. The smallest absolute Gasteiger partial charge is 0.353 e. The molecule has 0 radical (unpaired) electrons. The summed E-state index contributed by atoms with van der Waals surface area (Å²) in [5.41, 5.74) is 1.24. The van der Waals surface area contributed by atoms with E-state index in [1.807, 2.05) is 18.2 Å². The number of aromatic carboxylic acids is 1. The van der Waals surface area contributed by atoms with E-state index >= 15 is 0 Å². The zero-order valence-corrected chi connectivity index (χ0v) is 13.8. The number of methoxy groups -OCH3 is 1. The highest BCUT2D eigenvalue weighted by molar-refractivity contribution is 5.87. The number of piperidine rings is 1. The van der Waals surface area contributed by atoms with Gasteiger partial charge in [0.2, 0.25) is 0 Å². The Morgan fingerprint density at radius 1 is 1.46 bits per heavy atom. The van der Waals surface area contributed by atoms with E-state index in [-0.39, 0.29) is 11.8 Å². The summed E-state index contributed by atoms with van der Waals surface area (Å²) in [6.45, 7) is 1.96. The molecule has 1 aromatic carbocycles. The van der Waals surface area contributed by atoms with Gasteiger partial charge in [-0.2, -0.15) is 5.10 Å². The number of hydrogen-bond acceptors (Lipinski definition) is 5. The number of nitrogens with zero attached hydrogens (tertiary/aromatic N) is 2. The molecule has 7 heteroatoms. The van der Waals surface area contributed by atoms with Crippen molar-refractivity contribution in [3.05, 3.63) is 30.0 Å². The van der Waals surface area contributed by atoms with E-state index in [2.05, 4.69) is 22.1 Å². The van der Waals surface area contributed by atoms with Crippen LogP contribution in [-0.2, 0) is 0 Å². The predicted octanol–water partition coefficient (Wildman–Crippen LogP) is 2.26. The fourth-order valence-corrected chi connectivity index (χ4v) is 2.98. The third kappa shape index (κ3) is 3.35. The Balaban J connectivity index is 1.89. The number of para-hydroxylation sites is 1. The summed E-state index contributed by atoms with van der Waals surface area (Å²) in [6.07, 6.45) is 2.22. The lowest BCUT2D eigenvalue weighted by Crippen LogP contribution is -2.38. The maximum absolute atomic E-state index is 11.0. The van der Waals surface area contributed by atoms with E-state index in [0.29, 0.717) is 22.8 Å². The largest absolute Gasteiger partial charge is 0.492 e. The molecule has 0 amide bonds. The van der Waals surface area contributed by atoms with Gasteiger partial charge in [-0.3, -0.25) is 5.10 Å². The Kier molecular flexibility index (Phi) is 4.71. The number of likely N-dealkylation sites (N-methyl/N-ethyl adjacent to an activating group) is 1. The van der Waals surface area contributed by atoms with Crippen molar-refractivity contribution in [2.24, 2.45) is 0 Å². The fourth-order valence-electron chi connectivity index (χ4n) is 2.98. The van der Waals surface area contributed by atoms with Crippen LogP contribution >= 0.6 is 0 Å². The molecule has 0 saturated carbocycles. The summed E-state index contributed by atoms with van der Waals surface area (Å²) in [7, 11) is 3.66. The zero-order chi connectivity index (χ0) is 17.1. The number of nitrogens with one attached hydrogen (secondary N) is 1. The Hall–Kier alpha value is -2.54. The molecule has 3 rings (SSSR count). The van der Waals surface area contributed by atoms with Crippen molar-refractivity contribution in [1.82, 2.24) is 15.1 Å². The minimum absolute atomic E-state index is 0.0345.